The van der Waals surface area contributed by atoms with E-state index in [0.717, 1.165) is 23.8 Å². The summed E-state index contributed by atoms with van der Waals surface area (Å²) in [6.07, 6.45) is 2.79. The van der Waals surface area contributed by atoms with Crippen LogP contribution in [0.4, 0.5) is 5.69 Å². The van der Waals surface area contributed by atoms with Crippen molar-refractivity contribution in [2.75, 3.05) is 30.4 Å². The first-order valence-electron chi connectivity index (χ1n) is 12.6. The van der Waals surface area contributed by atoms with Gasteiger partial charge in [-0.05, 0) is 43.9 Å². The average molecular weight is 532 g/mol. The lowest BCUT2D eigenvalue weighted by Crippen LogP contribution is -2.49. The molecule has 0 bridgehead atoms. The van der Waals surface area contributed by atoms with Gasteiger partial charge in [-0.1, -0.05) is 43.7 Å². The number of amides is 2. The summed E-state index contributed by atoms with van der Waals surface area (Å²) in [6, 6.07) is 12.2. The molecular formula is C27H37N3O6S. The monoisotopic (exact) mass is 531 g/mol. The quantitative estimate of drug-likeness (QED) is 0.423. The van der Waals surface area contributed by atoms with Crippen LogP contribution in [0.3, 0.4) is 0 Å². The summed E-state index contributed by atoms with van der Waals surface area (Å²) in [7, 11) is -3.60. The number of rotatable bonds is 13. The normalized spacial score (nSPS) is 13.2. The molecule has 9 nitrogen and oxygen atoms in total. The summed E-state index contributed by atoms with van der Waals surface area (Å²) in [4.78, 5) is 28.0. The zero-order valence-electron chi connectivity index (χ0n) is 22.0. The van der Waals surface area contributed by atoms with E-state index in [4.69, 9.17) is 9.47 Å². The summed E-state index contributed by atoms with van der Waals surface area (Å²) < 4.78 is 37.1. The van der Waals surface area contributed by atoms with Gasteiger partial charge in [0, 0.05) is 32.1 Å². The molecule has 1 heterocycles. The van der Waals surface area contributed by atoms with Crippen molar-refractivity contribution in [2.45, 2.75) is 59.0 Å². The van der Waals surface area contributed by atoms with Gasteiger partial charge in [-0.2, -0.15) is 0 Å². The first kappa shape index (κ1) is 28.3. The van der Waals surface area contributed by atoms with Crippen LogP contribution in [0.5, 0.6) is 11.5 Å². The van der Waals surface area contributed by atoms with E-state index >= 15 is 0 Å². The molecule has 2 aromatic carbocycles. The number of benzene rings is 2. The number of carbonyl (C=O) groups is 2. The largest absolute Gasteiger partial charge is 0.454 e. The van der Waals surface area contributed by atoms with Crippen molar-refractivity contribution in [2.24, 2.45) is 0 Å². The van der Waals surface area contributed by atoms with Crippen molar-refractivity contribution in [1.82, 2.24) is 10.2 Å². The van der Waals surface area contributed by atoms with Gasteiger partial charge in [0.15, 0.2) is 11.5 Å². The minimum Gasteiger partial charge on any atom is -0.454 e. The molecule has 2 aromatic rings. The van der Waals surface area contributed by atoms with E-state index in [-0.39, 0.29) is 38.0 Å². The Balaban J connectivity index is 1.75. The van der Waals surface area contributed by atoms with Crippen molar-refractivity contribution < 1.29 is 27.5 Å². The Morgan fingerprint density at radius 2 is 1.84 bits per heavy atom. The second kappa shape index (κ2) is 12.8. The number of sulfonamides is 1. The van der Waals surface area contributed by atoms with E-state index in [0.29, 0.717) is 36.7 Å². The minimum atomic E-state index is -3.60. The zero-order chi connectivity index (χ0) is 27.0. The number of hydrogen-bond acceptors (Lipinski definition) is 6. The van der Waals surface area contributed by atoms with Crippen LogP contribution in [0.25, 0.3) is 0 Å². The van der Waals surface area contributed by atoms with Crippen molar-refractivity contribution in [3.05, 3.63) is 53.6 Å². The molecule has 1 N–H and O–H groups in total. The molecule has 0 saturated carbocycles. The van der Waals surface area contributed by atoms with E-state index in [1.54, 1.807) is 23.1 Å². The molecule has 2 amide bonds. The van der Waals surface area contributed by atoms with Crippen molar-refractivity contribution in [3.8, 4) is 11.5 Å². The van der Waals surface area contributed by atoms with Gasteiger partial charge in [-0.3, -0.25) is 13.9 Å². The highest BCUT2D eigenvalue weighted by Gasteiger charge is 2.29. The maximum atomic E-state index is 13.5. The highest BCUT2D eigenvalue weighted by molar-refractivity contribution is 7.92. The first-order chi connectivity index (χ1) is 17.6. The standard InChI is InChI=1S/C27H37N3O6S/c1-5-14-28-27(32)23(6-2)29(18-21-10-7-9-20(3)16-21)26(31)11-8-15-30(37(4,33)34)22-12-13-24-25(17-22)36-19-35-24/h7,9-10,12-13,16-17,23H,5-6,8,11,14-15,18-19H2,1-4H3,(H,28,32). The van der Waals surface area contributed by atoms with Crippen LogP contribution < -0.4 is 19.1 Å². The van der Waals surface area contributed by atoms with Crippen LogP contribution in [0.15, 0.2) is 42.5 Å². The second-order valence-electron chi connectivity index (χ2n) is 9.20. The average Bonchev–Trinajstić information content (AvgIpc) is 3.32. The van der Waals surface area contributed by atoms with Gasteiger partial charge in [0.2, 0.25) is 28.6 Å². The Morgan fingerprint density at radius 3 is 2.51 bits per heavy atom. The van der Waals surface area contributed by atoms with Crippen LogP contribution in [0.1, 0.15) is 50.7 Å². The number of anilines is 1. The minimum absolute atomic E-state index is 0.0906. The van der Waals surface area contributed by atoms with Gasteiger partial charge in [0.05, 0.1) is 11.9 Å². The molecule has 1 aliphatic rings. The maximum Gasteiger partial charge on any atom is 0.242 e. The molecule has 0 radical (unpaired) electrons. The van der Waals surface area contributed by atoms with Crippen LogP contribution in [0, 0.1) is 6.92 Å². The maximum absolute atomic E-state index is 13.5. The fraction of sp³-hybridized carbons (Fsp3) is 0.481. The molecule has 1 atom stereocenters. The lowest BCUT2D eigenvalue weighted by atomic mass is 10.1. The number of aryl methyl sites for hydroxylation is 1. The Hall–Kier alpha value is -3.27. The summed E-state index contributed by atoms with van der Waals surface area (Å²) in [5.41, 5.74) is 2.45. The zero-order valence-corrected chi connectivity index (χ0v) is 22.8. The molecule has 1 aliphatic heterocycles. The molecule has 3 rings (SSSR count). The summed E-state index contributed by atoms with van der Waals surface area (Å²) in [5, 5.41) is 2.91. The summed E-state index contributed by atoms with van der Waals surface area (Å²) in [6.45, 7) is 6.89. The van der Waals surface area contributed by atoms with Crippen LogP contribution in [0.2, 0.25) is 0 Å². The summed E-state index contributed by atoms with van der Waals surface area (Å²) in [5.74, 6) is 0.671. The molecular weight excluding hydrogens is 494 g/mol. The highest BCUT2D eigenvalue weighted by atomic mass is 32.2. The fourth-order valence-electron chi connectivity index (χ4n) is 4.34. The molecule has 0 aliphatic carbocycles. The molecule has 1 unspecified atom stereocenters. The highest BCUT2D eigenvalue weighted by Crippen LogP contribution is 2.36. The molecule has 0 spiro atoms. The predicted molar refractivity (Wildman–Crippen MR) is 143 cm³/mol. The Kier molecular flexibility index (Phi) is 9.79. The number of ether oxygens (including phenoxy) is 2. The predicted octanol–water partition coefficient (Wildman–Crippen LogP) is 3.60. The van der Waals surface area contributed by atoms with Gasteiger partial charge in [0.1, 0.15) is 6.04 Å². The lowest BCUT2D eigenvalue weighted by Gasteiger charge is -2.31. The molecule has 37 heavy (non-hydrogen) atoms. The van der Waals surface area contributed by atoms with Gasteiger partial charge in [-0.25, -0.2) is 8.42 Å². The number of carbonyl (C=O) groups excluding carboxylic acids is 2. The Labute approximate surface area is 219 Å². The number of nitrogens with zero attached hydrogens (tertiary/aromatic N) is 2. The number of hydrogen-bond donors (Lipinski definition) is 1. The Morgan fingerprint density at radius 1 is 1.08 bits per heavy atom. The molecule has 0 fully saturated rings. The molecule has 0 saturated heterocycles. The lowest BCUT2D eigenvalue weighted by molar-refractivity contribution is -0.141. The fourth-order valence-corrected chi connectivity index (χ4v) is 5.29. The van der Waals surface area contributed by atoms with Crippen LogP contribution in [-0.4, -0.2) is 57.3 Å². The molecule has 202 valence electrons. The van der Waals surface area contributed by atoms with Crippen LogP contribution >= 0.6 is 0 Å². The van der Waals surface area contributed by atoms with E-state index in [9.17, 15) is 18.0 Å². The van der Waals surface area contributed by atoms with Crippen molar-refractivity contribution in [3.63, 3.8) is 0 Å². The van der Waals surface area contributed by atoms with Gasteiger partial charge in [0.25, 0.3) is 0 Å². The molecule has 10 heteroatoms. The van der Waals surface area contributed by atoms with E-state index in [1.165, 1.54) is 4.31 Å². The first-order valence-corrected chi connectivity index (χ1v) is 14.5. The topological polar surface area (TPSA) is 105 Å². The molecule has 0 aromatic heterocycles. The third kappa shape index (κ3) is 7.61. The van der Waals surface area contributed by atoms with Gasteiger partial charge < -0.3 is 19.7 Å². The second-order valence-corrected chi connectivity index (χ2v) is 11.1. The van der Waals surface area contributed by atoms with E-state index in [2.05, 4.69) is 5.32 Å². The van der Waals surface area contributed by atoms with E-state index < -0.39 is 16.1 Å². The Bertz CT molecular complexity index is 1200. The van der Waals surface area contributed by atoms with Crippen molar-refractivity contribution in [1.29, 1.82) is 0 Å². The van der Waals surface area contributed by atoms with E-state index in [1.807, 2.05) is 45.0 Å². The van der Waals surface area contributed by atoms with Gasteiger partial charge >= 0.3 is 0 Å². The number of nitrogens with one attached hydrogen (secondary N) is 1. The SMILES string of the molecule is CCCNC(=O)C(CC)N(Cc1cccc(C)c1)C(=O)CCCN(c1ccc2c(c1)OCO2)S(C)(=O)=O. The van der Waals surface area contributed by atoms with Gasteiger partial charge in [-0.15, -0.1) is 0 Å². The smallest absolute Gasteiger partial charge is 0.242 e. The van der Waals surface area contributed by atoms with Crippen molar-refractivity contribution >= 4 is 27.5 Å². The summed E-state index contributed by atoms with van der Waals surface area (Å²) >= 11 is 0. The third-order valence-corrected chi connectivity index (χ3v) is 7.36. The third-order valence-electron chi connectivity index (χ3n) is 6.17. The van der Waals surface area contributed by atoms with Crippen LogP contribution in [-0.2, 0) is 26.2 Å². The number of fused-ring (bicyclic) bond motifs is 1.